The van der Waals surface area contributed by atoms with E-state index >= 15 is 0 Å². The normalized spacial score (nSPS) is 30.5. The molecule has 0 unspecified atom stereocenters. The van der Waals surface area contributed by atoms with Crippen LogP contribution in [0.4, 0.5) is 4.79 Å². The lowest BCUT2D eigenvalue weighted by Crippen LogP contribution is -2.57. The highest BCUT2D eigenvalue weighted by molar-refractivity contribution is 5.85. The van der Waals surface area contributed by atoms with Gasteiger partial charge in [-0.25, -0.2) is 4.79 Å². The van der Waals surface area contributed by atoms with Crippen LogP contribution in [0.25, 0.3) is 0 Å². The van der Waals surface area contributed by atoms with Crippen molar-refractivity contribution < 1.29 is 14.3 Å². The molecule has 0 radical (unpaired) electrons. The van der Waals surface area contributed by atoms with Crippen molar-refractivity contribution >= 4 is 18.5 Å². The second-order valence-corrected chi connectivity index (χ2v) is 6.16. The molecule has 19 heavy (non-hydrogen) atoms. The van der Waals surface area contributed by atoms with Crippen molar-refractivity contribution in [2.45, 2.75) is 63.9 Å². The molecular formula is C13H25ClN2O3. The van der Waals surface area contributed by atoms with E-state index in [2.05, 4.69) is 0 Å². The molecular weight excluding hydrogens is 268 g/mol. The van der Waals surface area contributed by atoms with E-state index in [1.165, 1.54) is 0 Å². The third kappa shape index (κ3) is 3.97. The van der Waals surface area contributed by atoms with Gasteiger partial charge in [0.25, 0.3) is 0 Å². The van der Waals surface area contributed by atoms with Crippen LogP contribution in [0.3, 0.4) is 0 Å². The molecule has 6 heteroatoms. The number of carbonyl (C=O) groups excluding carboxylic acids is 1. The smallest absolute Gasteiger partial charge is 0.410 e. The van der Waals surface area contributed by atoms with Crippen LogP contribution >= 0.6 is 12.4 Å². The summed E-state index contributed by atoms with van der Waals surface area (Å²) in [6.07, 6.45) is 2.96. The lowest BCUT2D eigenvalue weighted by atomic mass is 10.1. The van der Waals surface area contributed by atoms with E-state index < -0.39 is 5.60 Å². The number of carbonyl (C=O) groups is 1. The number of hydrogen-bond donors (Lipinski definition) is 1. The van der Waals surface area contributed by atoms with Gasteiger partial charge in [-0.2, -0.15) is 0 Å². The van der Waals surface area contributed by atoms with Gasteiger partial charge in [-0.3, -0.25) is 4.90 Å². The molecule has 1 saturated carbocycles. The Balaban J connectivity index is 0.00000180. The van der Waals surface area contributed by atoms with Crippen molar-refractivity contribution in [2.24, 2.45) is 5.73 Å². The van der Waals surface area contributed by atoms with E-state index in [0.717, 1.165) is 19.3 Å². The fourth-order valence-corrected chi connectivity index (χ4v) is 2.73. The predicted octanol–water partition coefficient (Wildman–Crippen LogP) is 1.92. The molecule has 0 aromatic rings. The first-order valence-corrected chi connectivity index (χ1v) is 6.76. The summed E-state index contributed by atoms with van der Waals surface area (Å²) in [6.45, 7) is 6.66. The molecule has 1 heterocycles. The average Bonchev–Trinajstić information content (AvgIpc) is 2.72. The number of fused-ring (bicyclic) bond motifs is 1. The molecule has 2 aliphatic rings. The van der Waals surface area contributed by atoms with Crippen molar-refractivity contribution in [3.8, 4) is 0 Å². The summed E-state index contributed by atoms with van der Waals surface area (Å²) in [5.74, 6) is 0. The third-order valence-electron chi connectivity index (χ3n) is 3.48. The summed E-state index contributed by atoms with van der Waals surface area (Å²) < 4.78 is 11.4. The summed E-state index contributed by atoms with van der Waals surface area (Å²) in [5, 5.41) is 0. The van der Waals surface area contributed by atoms with Crippen molar-refractivity contribution in [1.82, 2.24) is 4.90 Å². The van der Waals surface area contributed by atoms with E-state index in [9.17, 15) is 4.79 Å². The van der Waals surface area contributed by atoms with E-state index in [-0.39, 0.29) is 36.8 Å². The molecule has 2 N–H and O–H groups in total. The number of nitrogens with two attached hydrogens (primary N) is 1. The van der Waals surface area contributed by atoms with E-state index in [1.54, 1.807) is 0 Å². The average molecular weight is 293 g/mol. The fraction of sp³-hybridized carbons (Fsp3) is 0.923. The molecule has 5 nitrogen and oxygen atoms in total. The third-order valence-corrected chi connectivity index (χ3v) is 3.48. The maximum atomic E-state index is 12.2. The highest BCUT2D eigenvalue weighted by Gasteiger charge is 2.42. The zero-order valence-electron chi connectivity index (χ0n) is 11.9. The van der Waals surface area contributed by atoms with Gasteiger partial charge in [-0.05, 0) is 40.0 Å². The first-order chi connectivity index (χ1) is 8.40. The van der Waals surface area contributed by atoms with Crippen LogP contribution in [-0.4, -0.2) is 47.9 Å². The monoisotopic (exact) mass is 292 g/mol. The fourth-order valence-electron chi connectivity index (χ4n) is 2.73. The largest absolute Gasteiger partial charge is 0.444 e. The molecule has 0 aromatic carbocycles. The Hall–Kier alpha value is -0.520. The van der Waals surface area contributed by atoms with Gasteiger partial charge in [0.05, 0.1) is 24.8 Å². The Morgan fingerprint density at radius 3 is 2.68 bits per heavy atom. The molecule has 3 atom stereocenters. The SMILES string of the molecule is CC(C)(C)OC(=O)N1C[C@H](CN)O[C@@H]2CCC[C@H]21.Cl. The standard InChI is InChI=1S/C13H24N2O3.ClH/c1-13(2,3)18-12(16)15-8-9(7-14)17-11-6-4-5-10(11)15;/h9-11H,4-8,14H2,1-3H3;1H/t9-,10+,11+;/m0./s1. The Labute approximate surface area is 121 Å². The van der Waals surface area contributed by atoms with Gasteiger partial charge in [0, 0.05) is 6.54 Å². The molecule has 1 aliphatic heterocycles. The zero-order valence-corrected chi connectivity index (χ0v) is 12.7. The van der Waals surface area contributed by atoms with Crippen LogP contribution in [0.5, 0.6) is 0 Å². The maximum absolute atomic E-state index is 12.2. The quantitative estimate of drug-likeness (QED) is 0.802. The first kappa shape index (κ1) is 16.5. The van der Waals surface area contributed by atoms with E-state index in [4.69, 9.17) is 15.2 Å². The minimum atomic E-state index is -0.457. The second kappa shape index (κ2) is 6.29. The van der Waals surface area contributed by atoms with Crippen LogP contribution in [-0.2, 0) is 9.47 Å². The van der Waals surface area contributed by atoms with Gasteiger partial charge in [-0.15, -0.1) is 12.4 Å². The minimum absolute atomic E-state index is 0. The second-order valence-electron chi connectivity index (χ2n) is 6.16. The molecule has 0 aromatic heterocycles. The van der Waals surface area contributed by atoms with Crippen LogP contribution < -0.4 is 5.73 Å². The van der Waals surface area contributed by atoms with Gasteiger partial charge >= 0.3 is 6.09 Å². The number of nitrogens with zero attached hydrogens (tertiary/aromatic N) is 1. The highest BCUT2D eigenvalue weighted by Crippen LogP contribution is 2.32. The van der Waals surface area contributed by atoms with Crippen molar-refractivity contribution in [1.29, 1.82) is 0 Å². The number of hydrogen-bond acceptors (Lipinski definition) is 4. The van der Waals surface area contributed by atoms with Gasteiger partial charge in [-0.1, -0.05) is 0 Å². The van der Waals surface area contributed by atoms with Gasteiger partial charge < -0.3 is 15.2 Å². The predicted molar refractivity (Wildman–Crippen MR) is 75.5 cm³/mol. The molecule has 1 amide bonds. The van der Waals surface area contributed by atoms with Crippen molar-refractivity contribution in [3.05, 3.63) is 0 Å². The number of ether oxygens (including phenoxy) is 2. The molecule has 0 spiro atoms. The van der Waals surface area contributed by atoms with Crippen LogP contribution in [0.15, 0.2) is 0 Å². The molecule has 2 fully saturated rings. The molecule has 0 bridgehead atoms. The van der Waals surface area contributed by atoms with Crippen molar-refractivity contribution in [2.75, 3.05) is 13.1 Å². The summed E-state index contributed by atoms with van der Waals surface area (Å²) in [5.41, 5.74) is 5.22. The van der Waals surface area contributed by atoms with Gasteiger partial charge in [0.1, 0.15) is 5.60 Å². The number of rotatable bonds is 1. The minimum Gasteiger partial charge on any atom is -0.444 e. The van der Waals surface area contributed by atoms with Crippen LogP contribution in [0, 0.1) is 0 Å². The Morgan fingerprint density at radius 1 is 1.42 bits per heavy atom. The molecule has 2 rings (SSSR count). The van der Waals surface area contributed by atoms with Gasteiger partial charge in [0.15, 0.2) is 0 Å². The number of halogens is 1. The zero-order chi connectivity index (χ0) is 13.3. The van der Waals surface area contributed by atoms with Gasteiger partial charge in [0.2, 0.25) is 0 Å². The molecule has 1 aliphatic carbocycles. The first-order valence-electron chi connectivity index (χ1n) is 6.76. The van der Waals surface area contributed by atoms with E-state index in [1.807, 2.05) is 25.7 Å². The highest BCUT2D eigenvalue weighted by atomic mass is 35.5. The lowest BCUT2D eigenvalue weighted by molar-refractivity contribution is -0.103. The summed E-state index contributed by atoms with van der Waals surface area (Å²) in [4.78, 5) is 14.0. The maximum Gasteiger partial charge on any atom is 0.410 e. The van der Waals surface area contributed by atoms with E-state index in [0.29, 0.717) is 13.1 Å². The summed E-state index contributed by atoms with van der Waals surface area (Å²) in [6, 6.07) is 0.169. The Kier molecular flexibility index (Phi) is 5.47. The Morgan fingerprint density at radius 2 is 2.11 bits per heavy atom. The lowest BCUT2D eigenvalue weighted by Gasteiger charge is -2.41. The molecule has 1 saturated heterocycles. The van der Waals surface area contributed by atoms with Crippen LogP contribution in [0.1, 0.15) is 40.0 Å². The summed E-state index contributed by atoms with van der Waals surface area (Å²) in [7, 11) is 0. The Bertz CT molecular complexity index is 320. The number of morpholine rings is 1. The number of amides is 1. The molecule has 112 valence electrons. The van der Waals surface area contributed by atoms with Crippen molar-refractivity contribution in [3.63, 3.8) is 0 Å². The summed E-state index contributed by atoms with van der Waals surface area (Å²) >= 11 is 0. The van der Waals surface area contributed by atoms with Crippen LogP contribution in [0.2, 0.25) is 0 Å². The topological polar surface area (TPSA) is 64.8 Å².